The molecule has 7 heteroatoms. The van der Waals surface area contributed by atoms with Crippen molar-refractivity contribution in [3.8, 4) is 0 Å². The molecule has 0 aliphatic carbocycles. The molecule has 0 heterocycles. The SMILES string of the molecule is CC(NC(=O)/C=C/c1ccccc1[N+](=O)[O-])C(=O)O. The van der Waals surface area contributed by atoms with E-state index >= 15 is 0 Å². The van der Waals surface area contributed by atoms with E-state index in [1.165, 1.54) is 31.2 Å². The van der Waals surface area contributed by atoms with Crippen LogP contribution in [0.1, 0.15) is 12.5 Å². The topological polar surface area (TPSA) is 110 Å². The van der Waals surface area contributed by atoms with E-state index in [1.807, 2.05) is 0 Å². The maximum absolute atomic E-state index is 11.4. The van der Waals surface area contributed by atoms with Crippen molar-refractivity contribution in [2.45, 2.75) is 13.0 Å². The van der Waals surface area contributed by atoms with Crippen molar-refractivity contribution in [1.29, 1.82) is 0 Å². The molecule has 0 aromatic heterocycles. The van der Waals surface area contributed by atoms with Gasteiger partial charge >= 0.3 is 5.97 Å². The predicted molar refractivity (Wildman–Crippen MR) is 67.4 cm³/mol. The van der Waals surface area contributed by atoms with Crippen molar-refractivity contribution < 1.29 is 19.6 Å². The van der Waals surface area contributed by atoms with Crippen LogP contribution in [0.5, 0.6) is 0 Å². The van der Waals surface area contributed by atoms with Crippen LogP contribution in [0.4, 0.5) is 5.69 Å². The number of aliphatic carboxylic acids is 1. The van der Waals surface area contributed by atoms with Gasteiger partial charge in [0.1, 0.15) is 6.04 Å². The van der Waals surface area contributed by atoms with Crippen LogP contribution in [0.3, 0.4) is 0 Å². The quantitative estimate of drug-likeness (QED) is 0.471. The Morgan fingerprint density at radius 3 is 2.63 bits per heavy atom. The number of carbonyl (C=O) groups excluding carboxylic acids is 1. The van der Waals surface area contributed by atoms with E-state index in [4.69, 9.17) is 5.11 Å². The number of hydrogen-bond donors (Lipinski definition) is 2. The van der Waals surface area contributed by atoms with Gasteiger partial charge in [0, 0.05) is 12.1 Å². The summed E-state index contributed by atoms with van der Waals surface area (Å²) >= 11 is 0. The minimum absolute atomic E-state index is 0.127. The lowest BCUT2D eigenvalue weighted by atomic mass is 10.1. The van der Waals surface area contributed by atoms with Gasteiger partial charge in [0.25, 0.3) is 5.69 Å². The van der Waals surface area contributed by atoms with Gasteiger partial charge in [-0.2, -0.15) is 0 Å². The third kappa shape index (κ3) is 4.23. The molecule has 7 nitrogen and oxygen atoms in total. The smallest absolute Gasteiger partial charge is 0.325 e. The van der Waals surface area contributed by atoms with E-state index in [1.54, 1.807) is 6.07 Å². The van der Waals surface area contributed by atoms with Gasteiger partial charge in [-0.25, -0.2) is 0 Å². The first-order valence-electron chi connectivity index (χ1n) is 5.36. The van der Waals surface area contributed by atoms with Crippen LogP contribution in [0.15, 0.2) is 30.3 Å². The molecular weight excluding hydrogens is 252 g/mol. The van der Waals surface area contributed by atoms with Crippen LogP contribution in [0, 0.1) is 10.1 Å². The number of carboxylic acid groups (broad SMARTS) is 1. The summed E-state index contributed by atoms with van der Waals surface area (Å²) in [6.45, 7) is 1.32. The van der Waals surface area contributed by atoms with Gasteiger partial charge in [0.05, 0.1) is 10.5 Å². The lowest BCUT2D eigenvalue weighted by Gasteiger charge is -2.05. The maximum atomic E-state index is 11.4. The molecule has 0 aliphatic rings. The first kappa shape index (κ1) is 14.4. The summed E-state index contributed by atoms with van der Waals surface area (Å²) in [7, 11) is 0. The third-order valence-corrected chi connectivity index (χ3v) is 2.28. The average Bonchev–Trinajstić information content (AvgIpc) is 2.36. The standard InChI is InChI=1S/C12H12N2O5/c1-8(12(16)17)13-11(15)7-6-9-4-2-3-5-10(9)14(18)19/h2-8H,1H3,(H,13,15)(H,16,17)/b7-6+. The lowest BCUT2D eigenvalue weighted by Crippen LogP contribution is -2.37. The molecule has 19 heavy (non-hydrogen) atoms. The van der Waals surface area contributed by atoms with E-state index in [0.717, 1.165) is 6.08 Å². The zero-order chi connectivity index (χ0) is 14.4. The van der Waals surface area contributed by atoms with Gasteiger partial charge in [0.2, 0.25) is 5.91 Å². The van der Waals surface area contributed by atoms with Crippen LogP contribution in [0.25, 0.3) is 6.08 Å². The van der Waals surface area contributed by atoms with Crippen molar-refractivity contribution >= 4 is 23.6 Å². The summed E-state index contributed by atoms with van der Waals surface area (Å²) in [6, 6.07) is 4.90. The third-order valence-electron chi connectivity index (χ3n) is 2.28. The minimum atomic E-state index is -1.16. The van der Waals surface area contributed by atoms with Crippen LogP contribution in [-0.4, -0.2) is 27.9 Å². The summed E-state index contributed by atoms with van der Waals surface area (Å²) < 4.78 is 0. The van der Waals surface area contributed by atoms with Gasteiger partial charge < -0.3 is 10.4 Å². The Morgan fingerprint density at radius 2 is 2.05 bits per heavy atom. The van der Waals surface area contributed by atoms with Crippen molar-refractivity contribution in [2.24, 2.45) is 0 Å². The first-order chi connectivity index (χ1) is 8.91. The monoisotopic (exact) mass is 264 g/mol. The van der Waals surface area contributed by atoms with Crippen molar-refractivity contribution in [2.75, 3.05) is 0 Å². The summed E-state index contributed by atoms with van der Waals surface area (Å²) in [5, 5.41) is 21.5. The molecule has 0 bridgehead atoms. The van der Waals surface area contributed by atoms with Crippen molar-refractivity contribution in [3.05, 3.63) is 46.0 Å². The Labute approximate surface area is 108 Å². The first-order valence-corrected chi connectivity index (χ1v) is 5.36. The normalized spacial score (nSPS) is 12.1. The number of nitro benzene ring substituents is 1. The fraction of sp³-hybridized carbons (Fsp3) is 0.167. The number of rotatable bonds is 5. The van der Waals surface area contributed by atoms with Crippen LogP contribution >= 0.6 is 0 Å². The largest absolute Gasteiger partial charge is 0.480 e. The molecule has 0 fully saturated rings. The van der Waals surface area contributed by atoms with Crippen LogP contribution < -0.4 is 5.32 Å². The van der Waals surface area contributed by atoms with Crippen molar-refractivity contribution in [3.63, 3.8) is 0 Å². The summed E-state index contributed by atoms with van der Waals surface area (Å²) in [5.74, 6) is -1.79. The zero-order valence-electron chi connectivity index (χ0n) is 10.1. The number of carboxylic acids is 1. The van der Waals surface area contributed by atoms with E-state index in [-0.39, 0.29) is 11.3 Å². The molecule has 2 N–H and O–H groups in total. The fourth-order valence-electron chi connectivity index (χ4n) is 1.28. The van der Waals surface area contributed by atoms with Gasteiger partial charge in [0.15, 0.2) is 0 Å². The second-order valence-electron chi connectivity index (χ2n) is 3.72. The predicted octanol–water partition coefficient (Wildman–Crippen LogP) is 1.20. The van der Waals surface area contributed by atoms with Gasteiger partial charge in [-0.15, -0.1) is 0 Å². The highest BCUT2D eigenvalue weighted by molar-refractivity contribution is 5.94. The summed E-state index contributed by atoms with van der Waals surface area (Å²) in [6.07, 6.45) is 2.32. The second kappa shape index (κ2) is 6.29. The minimum Gasteiger partial charge on any atom is -0.480 e. The maximum Gasteiger partial charge on any atom is 0.325 e. The fourth-order valence-corrected chi connectivity index (χ4v) is 1.28. The molecule has 0 aliphatic heterocycles. The Balaban J connectivity index is 2.79. The number of nitrogens with one attached hydrogen (secondary N) is 1. The number of para-hydroxylation sites is 1. The summed E-state index contributed by atoms with van der Waals surface area (Å²) in [4.78, 5) is 32.1. The molecule has 1 amide bonds. The molecule has 1 aromatic carbocycles. The van der Waals surface area contributed by atoms with E-state index in [0.29, 0.717) is 0 Å². The molecule has 0 saturated heterocycles. The van der Waals surface area contributed by atoms with E-state index in [2.05, 4.69) is 5.32 Å². The zero-order valence-corrected chi connectivity index (χ0v) is 10.1. The molecule has 0 spiro atoms. The summed E-state index contributed by atoms with van der Waals surface area (Å²) in [5.41, 5.74) is 0.142. The Kier molecular flexibility index (Phi) is 4.76. The highest BCUT2D eigenvalue weighted by Crippen LogP contribution is 2.18. The molecular formula is C12H12N2O5. The number of amides is 1. The van der Waals surface area contributed by atoms with E-state index < -0.39 is 22.8 Å². The number of benzene rings is 1. The molecule has 1 unspecified atom stereocenters. The molecule has 0 radical (unpaired) electrons. The lowest BCUT2D eigenvalue weighted by molar-refractivity contribution is -0.385. The molecule has 100 valence electrons. The second-order valence-corrected chi connectivity index (χ2v) is 3.72. The Hall–Kier alpha value is -2.70. The Bertz CT molecular complexity index is 539. The average molecular weight is 264 g/mol. The van der Waals surface area contributed by atoms with Gasteiger partial charge in [-0.3, -0.25) is 19.7 Å². The highest BCUT2D eigenvalue weighted by atomic mass is 16.6. The van der Waals surface area contributed by atoms with Crippen LogP contribution in [-0.2, 0) is 9.59 Å². The van der Waals surface area contributed by atoms with Crippen molar-refractivity contribution in [1.82, 2.24) is 5.32 Å². The number of nitro groups is 1. The molecule has 1 atom stereocenters. The molecule has 1 rings (SSSR count). The highest BCUT2D eigenvalue weighted by Gasteiger charge is 2.13. The van der Waals surface area contributed by atoms with Gasteiger partial charge in [-0.05, 0) is 19.1 Å². The number of nitrogens with zero attached hydrogens (tertiary/aromatic N) is 1. The van der Waals surface area contributed by atoms with Crippen LogP contribution in [0.2, 0.25) is 0 Å². The Morgan fingerprint density at radius 1 is 1.42 bits per heavy atom. The van der Waals surface area contributed by atoms with E-state index in [9.17, 15) is 19.7 Å². The number of hydrogen-bond acceptors (Lipinski definition) is 4. The van der Waals surface area contributed by atoms with Gasteiger partial charge in [-0.1, -0.05) is 12.1 Å². The molecule has 0 saturated carbocycles. The molecule has 1 aromatic rings. The number of carbonyl (C=O) groups is 2.